The molecule has 1 fully saturated rings. The first-order valence-corrected chi connectivity index (χ1v) is 13.3. The zero-order valence-electron chi connectivity index (χ0n) is 22.0. The number of piperazine rings is 1. The van der Waals surface area contributed by atoms with Crippen molar-refractivity contribution < 1.29 is 18.7 Å². The molecule has 1 aliphatic heterocycles. The number of nitrogens with two attached hydrogens (primary N) is 1. The summed E-state index contributed by atoms with van der Waals surface area (Å²) in [5, 5.41) is 2.86. The molecule has 0 unspecified atom stereocenters. The summed E-state index contributed by atoms with van der Waals surface area (Å²) in [5.41, 5.74) is 8.49. The van der Waals surface area contributed by atoms with Gasteiger partial charge in [-0.05, 0) is 49.2 Å². The van der Waals surface area contributed by atoms with Gasteiger partial charge < -0.3 is 25.6 Å². The van der Waals surface area contributed by atoms with Crippen molar-refractivity contribution in [3.8, 4) is 17.0 Å². The topological polar surface area (TPSA) is 114 Å². The lowest BCUT2D eigenvalue weighted by Crippen LogP contribution is -2.55. The second kappa shape index (κ2) is 12.9. The Balaban J connectivity index is 1.66. The molecule has 9 nitrogen and oxygen atoms in total. The highest BCUT2D eigenvalue weighted by atomic mass is 35.5. The Morgan fingerprint density at radius 3 is 2.74 bits per heavy atom. The van der Waals surface area contributed by atoms with Crippen molar-refractivity contribution in [1.82, 2.24) is 20.2 Å². The second-order valence-corrected chi connectivity index (χ2v) is 9.46. The number of hydrogen-bond acceptors (Lipinski definition) is 7. The maximum Gasteiger partial charge on any atom is 0.274 e. The molecule has 39 heavy (non-hydrogen) atoms. The zero-order chi connectivity index (χ0) is 27.9. The fraction of sp³-hybridized carbons (Fsp3) is 0.357. The highest BCUT2D eigenvalue weighted by molar-refractivity contribution is 6.33. The van der Waals surface area contributed by atoms with Crippen LogP contribution >= 0.6 is 11.6 Å². The largest absolute Gasteiger partial charge is 0.478 e. The van der Waals surface area contributed by atoms with Crippen LogP contribution in [0.15, 0.2) is 48.8 Å². The number of halogens is 2. The van der Waals surface area contributed by atoms with E-state index in [0.29, 0.717) is 50.8 Å². The number of nitrogens with zero attached hydrogens (tertiary/aromatic N) is 4. The predicted molar refractivity (Wildman–Crippen MR) is 149 cm³/mol. The standard InChI is InChI=1S/C28H32ClFN6O3/c1-3-20-17-35(28(38)25-23(29)15-19(30)16-34-25)12-13-36(20)24-8-7-18(14-22(24)26(37)32-11-9-31)21-6-5-10-33-27(21)39-4-2/h5-8,10,14-16,20H,3-4,9,11-13,17,31H2,1-2H3,(H,32,37)/t20-/m1/s1. The molecule has 0 spiro atoms. The smallest absolute Gasteiger partial charge is 0.274 e. The lowest BCUT2D eigenvalue weighted by Gasteiger charge is -2.43. The van der Waals surface area contributed by atoms with E-state index in [4.69, 9.17) is 22.1 Å². The number of hydrogen-bond donors (Lipinski definition) is 2. The van der Waals surface area contributed by atoms with Gasteiger partial charge >= 0.3 is 0 Å². The van der Waals surface area contributed by atoms with Crippen LogP contribution in [0.2, 0.25) is 5.02 Å². The second-order valence-electron chi connectivity index (χ2n) is 9.06. The molecule has 206 valence electrons. The fourth-order valence-electron chi connectivity index (χ4n) is 4.71. The lowest BCUT2D eigenvalue weighted by atomic mass is 9.99. The first-order valence-electron chi connectivity index (χ1n) is 12.9. The summed E-state index contributed by atoms with van der Waals surface area (Å²) in [6.45, 7) is 6.30. The molecule has 1 aromatic carbocycles. The average molecular weight is 555 g/mol. The number of benzene rings is 1. The van der Waals surface area contributed by atoms with Crippen molar-refractivity contribution in [2.45, 2.75) is 26.3 Å². The molecule has 0 aliphatic carbocycles. The molecule has 1 aliphatic rings. The van der Waals surface area contributed by atoms with Crippen LogP contribution in [0, 0.1) is 5.82 Å². The third kappa shape index (κ3) is 6.29. The molecule has 4 rings (SSSR count). The van der Waals surface area contributed by atoms with Crippen molar-refractivity contribution in [3.05, 3.63) is 70.9 Å². The van der Waals surface area contributed by atoms with Crippen molar-refractivity contribution in [2.75, 3.05) is 44.2 Å². The SMILES string of the molecule is CCOc1ncccc1-c1ccc(N2CCN(C(=O)c3ncc(F)cc3Cl)C[C@H]2CC)c(C(=O)NCCN)c1. The van der Waals surface area contributed by atoms with Gasteiger partial charge in [-0.15, -0.1) is 0 Å². The minimum absolute atomic E-state index is 0.0215. The minimum Gasteiger partial charge on any atom is -0.478 e. The van der Waals surface area contributed by atoms with E-state index in [9.17, 15) is 14.0 Å². The average Bonchev–Trinajstić information content (AvgIpc) is 2.95. The molecule has 3 N–H and O–H groups in total. The van der Waals surface area contributed by atoms with Crippen molar-refractivity contribution in [2.24, 2.45) is 5.73 Å². The quantitative estimate of drug-likeness (QED) is 0.414. The van der Waals surface area contributed by atoms with Gasteiger partial charge in [-0.1, -0.05) is 24.6 Å². The monoisotopic (exact) mass is 554 g/mol. The number of ether oxygens (including phenoxy) is 1. The van der Waals surface area contributed by atoms with Crippen LogP contribution in [0.1, 0.15) is 41.1 Å². The van der Waals surface area contributed by atoms with Gasteiger partial charge in [0.25, 0.3) is 11.8 Å². The van der Waals surface area contributed by atoms with Gasteiger partial charge in [-0.25, -0.2) is 14.4 Å². The van der Waals surface area contributed by atoms with Gasteiger partial charge in [0.1, 0.15) is 11.5 Å². The first-order chi connectivity index (χ1) is 18.9. The number of carbonyl (C=O) groups is 2. The molecule has 1 atom stereocenters. The van der Waals surface area contributed by atoms with E-state index in [2.05, 4.69) is 20.2 Å². The van der Waals surface area contributed by atoms with Crippen LogP contribution in [0.3, 0.4) is 0 Å². The Hall–Kier alpha value is -3.76. The van der Waals surface area contributed by atoms with Crippen molar-refractivity contribution >= 4 is 29.1 Å². The molecule has 0 radical (unpaired) electrons. The summed E-state index contributed by atoms with van der Waals surface area (Å²) in [5.74, 6) is -0.701. The van der Waals surface area contributed by atoms with E-state index in [1.807, 2.05) is 44.2 Å². The minimum atomic E-state index is -0.601. The van der Waals surface area contributed by atoms with Gasteiger partial charge in [-0.3, -0.25) is 9.59 Å². The maximum absolute atomic E-state index is 13.5. The molecule has 2 amide bonds. The van der Waals surface area contributed by atoms with E-state index in [0.717, 1.165) is 35.5 Å². The lowest BCUT2D eigenvalue weighted by molar-refractivity contribution is 0.0714. The molecule has 0 saturated carbocycles. The highest BCUT2D eigenvalue weighted by Crippen LogP contribution is 2.34. The van der Waals surface area contributed by atoms with E-state index in [1.54, 1.807) is 11.1 Å². The first kappa shape index (κ1) is 28.3. The zero-order valence-corrected chi connectivity index (χ0v) is 22.7. The van der Waals surface area contributed by atoms with Crippen molar-refractivity contribution in [3.63, 3.8) is 0 Å². The number of carbonyl (C=O) groups excluding carboxylic acids is 2. The van der Waals surface area contributed by atoms with Gasteiger partial charge in [0.05, 0.1) is 23.4 Å². The molecule has 11 heteroatoms. The number of rotatable bonds is 9. The van der Waals surface area contributed by atoms with Gasteiger partial charge in [0, 0.05) is 56.2 Å². The van der Waals surface area contributed by atoms with Gasteiger partial charge in [0.15, 0.2) is 0 Å². The molecule has 3 aromatic rings. The normalized spacial score (nSPS) is 15.3. The number of anilines is 1. The maximum atomic E-state index is 13.5. The van der Waals surface area contributed by atoms with Gasteiger partial charge in [-0.2, -0.15) is 0 Å². The molecular weight excluding hydrogens is 523 g/mol. The van der Waals surface area contributed by atoms with E-state index in [-0.39, 0.29) is 28.6 Å². The predicted octanol–water partition coefficient (Wildman–Crippen LogP) is 3.76. The Morgan fingerprint density at radius 2 is 2.03 bits per heavy atom. The molecule has 0 bridgehead atoms. The van der Waals surface area contributed by atoms with E-state index in [1.165, 1.54) is 0 Å². The fourth-order valence-corrected chi connectivity index (χ4v) is 4.94. The summed E-state index contributed by atoms with van der Waals surface area (Å²) in [7, 11) is 0. The number of pyridine rings is 2. The van der Waals surface area contributed by atoms with Gasteiger partial charge in [0.2, 0.25) is 5.88 Å². The van der Waals surface area contributed by atoms with Crippen LogP contribution < -0.4 is 20.7 Å². The third-order valence-electron chi connectivity index (χ3n) is 6.60. The Bertz CT molecular complexity index is 1340. The summed E-state index contributed by atoms with van der Waals surface area (Å²) in [4.78, 5) is 38.6. The summed E-state index contributed by atoms with van der Waals surface area (Å²) in [6, 6.07) is 10.4. The highest BCUT2D eigenvalue weighted by Gasteiger charge is 2.32. The van der Waals surface area contributed by atoms with Crippen LogP contribution in [-0.2, 0) is 0 Å². The molecular formula is C28H32ClFN6O3. The molecule has 3 heterocycles. The summed E-state index contributed by atoms with van der Waals surface area (Å²) >= 11 is 6.10. The molecule has 2 aromatic heterocycles. The van der Waals surface area contributed by atoms with Crippen molar-refractivity contribution in [1.29, 1.82) is 0 Å². The number of amides is 2. The third-order valence-corrected chi connectivity index (χ3v) is 6.88. The van der Waals surface area contributed by atoms with Crippen LogP contribution in [0.4, 0.5) is 10.1 Å². The summed E-state index contributed by atoms with van der Waals surface area (Å²) in [6.07, 6.45) is 3.37. The molecule has 1 saturated heterocycles. The van der Waals surface area contributed by atoms with Crippen LogP contribution in [0.5, 0.6) is 5.88 Å². The Labute approximate surface area is 232 Å². The van der Waals surface area contributed by atoms with E-state index >= 15 is 0 Å². The number of nitrogens with one attached hydrogen (secondary N) is 1. The summed E-state index contributed by atoms with van der Waals surface area (Å²) < 4.78 is 19.2. The number of aromatic nitrogens is 2. The Kier molecular flexibility index (Phi) is 9.32. The van der Waals surface area contributed by atoms with E-state index < -0.39 is 5.82 Å². The Morgan fingerprint density at radius 1 is 1.21 bits per heavy atom. The van der Waals surface area contributed by atoms with Crippen LogP contribution in [0.25, 0.3) is 11.1 Å². The van der Waals surface area contributed by atoms with Crippen LogP contribution in [-0.4, -0.2) is 72.1 Å².